The molecule has 1 atom stereocenters. The molecule has 5 nitrogen and oxygen atoms in total. The quantitative estimate of drug-likeness (QED) is 0.680. The molecule has 3 N–H and O–H groups in total. The maximum atomic E-state index is 11.2. The average Bonchev–Trinajstić information content (AvgIpc) is 2.28. The lowest BCUT2D eigenvalue weighted by Gasteiger charge is -2.25. The standard InChI is InChI=1S/C12H14O5/c13-8-12(11(16)17,7-10(14)15)6-9-4-2-1-3-5-9/h1-5,13H,6-8H2,(H,14,15)(H,16,17). The zero-order valence-electron chi connectivity index (χ0n) is 9.17. The van der Waals surface area contributed by atoms with Gasteiger partial charge in [0, 0.05) is 0 Å². The van der Waals surface area contributed by atoms with Crippen molar-refractivity contribution in [1.82, 2.24) is 0 Å². The molecule has 0 saturated carbocycles. The van der Waals surface area contributed by atoms with Gasteiger partial charge in [-0.15, -0.1) is 0 Å². The highest BCUT2D eigenvalue weighted by atomic mass is 16.4. The van der Waals surface area contributed by atoms with Gasteiger partial charge in [-0.25, -0.2) is 0 Å². The molecule has 0 heterocycles. The Morgan fingerprint density at radius 2 is 1.71 bits per heavy atom. The van der Waals surface area contributed by atoms with Gasteiger partial charge >= 0.3 is 11.9 Å². The molecule has 92 valence electrons. The smallest absolute Gasteiger partial charge is 0.312 e. The number of aliphatic hydroxyl groups excluding tert-OH is 1. The number of hydrogen-bond donors (Lipinski definition) is 3. The maximum absolute atomic E-state index is 11.2. The molecule has 0 fully saturated rings. The summed E-state index contributed by atoms with van der Waals surface area (Å²) < 4.78 is 0. The minimum Gasteiger partial charge on any atom is -0.481 e. The van der Waals surface area contributed by atoms with Crippen LogP contribution in [0.3, 0.4) is 0 Å². The summed E-state index contributed by atoms with van der Waals surface area (Å²) in [4.78, 5) is 21.9. The Balaban J connectivity index is 2.98. The first-order chi connectivity index (χ1) is 8.00. The van der Waals surface area contributed by atoms with Gasteiger partial charge in [0.05, 0.1) is 13.0 Å². The maximum Gasteiger partial charge on any atom is 0.312 e. The SMILES string of the molecule is O=C(O)CC(CO)(Cc1ccccc1)C(=O)O. The van der Waals surface area contributed by atoms with Crippen LogP contribution in [0.25, 0.3) is 0 Å². The summed E-state index contributed by atoms with van der Waals surface area (Å²) in [5, 5.41) is 27.1. The predicted octanol–water partition coefficient (Wildman–Crippen LogP) is 0.767. The van der Waals surface area contributed by atoms with E-state index in [4.69, 9.17) is 10.2 Å². The van der Waals surface area contributed by atoms with Crippen LogP contribution in [0.2, 0.25) is 0 Å². The number of benzene rings is 1. The Hall–Kier alpha value is -1.88. The van der Waals surface area contributed by atoms with Crippen molar-refractivity contribution in [1.29, 1.82) is 0 Å². The largest absolute Gasteiger partial charge is 0.481 e. The van der Waals surface area contributed by atoms with Crippen LogP contribution in [-0.4, -0.2) is 33.9 Å². The molecule has 1 aromatic rings. The molecule has 0 saturated heterocycles. The Labute approximate surface area is 98.3 Å². The summed E-state index contributed by atoms with van der Waals surface area (Å²) in [7, 11) is 0. The highest BCUT2D eigenvalue weighted by Gasteiger charge is 2.40. The summed E-state index contributed by atoms with van der Waals surface area (Å²) in [5.74, 6) is -2.54. The molecule has 0 bridgehead atoms. The molecule has 5 heteroatoms. The minimum absolute atomic E-state index is 0.00796. The second kappa shape index (κ2) is 5.45. The number of aliphatic carboxylic acids is 2. The first-order valence-corrected chi connectivity index (χ1v) is 5.10. The fourth-order valence-electron chi connectivity index (χ4n) is 1.67. The molecule has 0 radical (unpaired) electrons. The predicted molar refractivity (Wildman–Crippen MR) is 59.6 cm³/mol. The molecular weight excluding hydrogens is 224 g/mol. The van der Waals surface area contributed by atoms with Crippen molar-refractivity contribution in [2.24, 2.45) is 5.41 Å². The van der Waals surface area contributed by atoms with E-state index in [0.29, 0.717) is 5.56 Å². The normalized spacial score (nSPS) is 13.9. The molecule has 0 aliphatic rings. The molecule has 0 aliphatic carbocycles. The van der Waals surface area contributed by atoms with Crippen LogP contribution >= 0.6 is 0 Å². The summed E-state index contributed by atoms with van der Waals surface area (Å²) >= 11 is 0. The molecular formula is C12H14O5. The van der Waals surface area contributed by atoms with Crippen molar-refractivity contribution in [3.63, 3.8) is 0 Å². The summed E-state index contributed by atoms with van der Waals surface area (Å²) in [6, 6.07) is 8.66. The second-order valence-corrected chi connectivity index (χ2v) is 3.98. The number of rotatable bonds is 6. The molecule has 0 aromatic heterocycles. The Morgan fingerprint density at radius 1 is 1.12 bits per heavy atom. The third-order valence-electron chi connectivity index (χ3n) is 2.63. The number of carboxylic acids is 2. The Kier molecular flexibility index (Phi) is 4.23. The third kappa shape index (κ3) is 3.29. The average molecular weight is 238 g/mol. The molecule has 0 aliphatic heterocycles. The van der Waals surface area contributed by atoms with Crippen LogP contribution in [0.15, 0.2) is 30.3 Å². The van der Waals surface area contributed by atoms with Crippen LogP contribution in [-0.2, 0) is 16.0 Å². The van der Waals surface area contributed by atoms with Crippen molar-refractivity contribution in [2.75, 3.05) is 6.61 Å². The van der Waals surface area contributed by atoms with Gasteiger partial charge in [0.15, 0.2) is 0 Å². The first-order valence-electron chi connectivity index (χ1n) is 5.10. The number of hydrogen-bond acceptors (Lipinski definition) is 3. The highest BCUT2D eigenvalue weighted by molar-refractivity contribution is 5.82. The van der Waals surface area contributed by atoms with Crippen molar-refractivity contribution in [2.45, 2.75) is 12.8 Å². The molecule has 1 aromatic carbocycles. The van der Waals surface area contributed by atoms with Gasteiger partial charge in [-0.2, -0.15) is 0 Å². The van der Waals surface area contributed by atoms with Crippen molar-refractivity contribution < 1.29 is 24.9 Å². The second-order valence-electron chi connectivity index (χ2n) is 3.98. The Morgan fingerprint density at radius 3 is 2.12 bits per heavy atom. The molecule has 0 amide bonds. The first kappa shape index (κ1) is 13.2. The lowest BCUT2D eigenvalue weighted by Crippen LogP contribution is -2.39. The van der Waals surface area contributed by atoms with Crippen LogP contribution in [0.5, 0.6) is 0 Å². The molecule has 0 spiro atoms. The summed E-state index contributed by atoms with van der Waals surface area (Å²) in [6.45, 7) is -0.705. The zero-order valence-corrected chi connectivity index (χ0v) is 9.17. The fraction of sp³-hybridized carbons (Fsp3) is 0.333. The summed E-state index contributed by atoms with van der Waals surface area (Å²) in [5.41, 5.74) is -0.974. The zero-order chi connectivity index (χ0) is 12.9. The fourth-order valence-corrected chi connectivity index (χ4v) is 1.67. The van der Waals surface area contributed by atoms with Gasteiger partial charge in [0.1, 0.15) is 5.41 Å². The lowest BCUT2D eigenvalue weighted by molar-refractivity contribution is -0.158. The van der Waals surface area contributed by atoms with E-state index in [2.05, 4.69) is 0 Å². The van der Waals surface area contributed by atoms with Crippen LogP contribution in [0, 0.1) is 5.41 Å². The van der Waals surface area contributed by atoms with E-state index in [1.165, 1.54) is 0 Å². The van der Waals surface area contributed by atoms with Gasteiger partial charge in [0.2, 0.25) is 0 Å². The van der Waals surface area contributed by atoms with Gasteiger partial charge in [-0.1, -0.05) is 30.3 Å². The topological polar surface area (TPSA) is 94.8 Å². The van der Waals surface area contributed by atoms with Crippen molar-refractivity contribution in [3.05, 3.63) is 35.9 Å². The lowest BCUT2D eigenvalue weighted by atomic mass is 9.79. The minimum atomic E-state index is -1.66. The third-order valence-corrected chi connectivity index (χ3v) is 2.63. The van der Waals surface area contributed by atoms with E-state index >= 15 is 0 Å². The monoisotopic (exact) mass is 238 g/mol. The van der Waals surface area contributed by atoms with Crippen LogP contribution in [0.1, 0.15) is 12.0 Å². The number of aliphatic hydroxyl groups is 1. The van der Waals surface area contributed by atoms with E-state index in [1.807, 2.05) is 0 Å². The van der Waals surface area contributed by atoms with E-state index in [-0.39, 0.29) is 6.42 Å². The molecule has 17 heavy (non-hydrogen) atoms. The van der Waals surface area contributed by atoms with Gasteiger partial charge in [-0.3, -0.25) is 9.59 Å². The van der Waals surface area contributed by atoms with Gasteiger partial charge in [0.25, 0.3) is 0 Å². The molecule has 1 unspecified atom stereocenters. The van der Waals surface area contributed by atoms with Gasteiger partial charge < -0.3 is 15.3 Å². The summed E-state index contributed by atoms with van der Waals surface area (Å²) in [6.07, 6.45) is -0.611. The van der Waals surface area contributed by atoms with Crippen molar-refractivity contribution in [3.8, 4) is 0 Å². The Bertz CT molecular complexity index is 401. The van der Waals surface area contributed by atoms with Gasteiger partial charge in [-0.05, 0) is 12.0 Å². The van der Waals surface area contributed by atoms with Crippen LogP contribution < -0.4 is 0 Å². The van der Waals surface area contributed by atoms with E-state index in [1.54, 1.807) is 30.3 Å². The molecule has 1 rings (SSSR count). The number of carbonyl (C=O) groups is 2. The highest BCUT2D eigenvalue weighted by Crippen LogP contribution is 2.27. The van der Waals surface area contributed by atoms with Crippen molar-refractivity contribution >= 4 is 11.9 Å². The van der Waals surface area contributed by atoms with E-state index in [0.717, 1.165) is 0 Å². The van der Waals surface area contributed by atoms with E-state index in [9.17, 15) is 14.7 Å². The number of carboxylic acid groups (broad SMARTS) is 2. The van der Waals surface area contributed by atoms with Crippen LogP contribution in [0.4, 0.5) is 0 Å². The van der Waals surface area contributed by atoms with E-state index < -0.39 is 30.4 Å².